The molecule has 4 rings (SSSR count). The molecule has 2 aromatic rings. The highest BCUT2D eigenvalue weighted by atomic mass is 32.1. The van der Waals surface area contributed by atoms with Crippen LogP contribution in [0, 0.1) is 5.92 Å². The van der Waals surface area contributed by atoms with Crippen molar-refractivity contribution in [2.45, 2.75) is 31.4 Å². The molecule has 2 aliphatic rings. The Bertz CT molecular complexity index is 770. The van der Waals surface area contributed by atoms with Gasteiger partial charge in [0.15, 0.2) is 5.13 Å². The van der Waals surface area contributed by atoms with E-state index in [0.717, 1.165) is 17.7 Å². The summed E-state index contributed by atoms with van der Waals surface area (Å²) in [4.78, 5) is 16.5. The van der Waals surface area contributed by atoms with Crippen LogP contribution in [0.15, 0.2) is 23.6 Å². The first-order valence-corrected chi connectivity index (χ1v) is 8.93. The number of ether oxygens (including phenoxy) is 1. The van der Waals surface area contributed by atoms with Crippen molar-refractivity contribution in [3.63, 3.8) is 0 Å². The number of carbonyl (C=O) groups is 1. The SMILES string of the molecule is Nc1nc(C(=O)NC(c2ccc3c(c2)CCO3)C2CC(O)C2)cs1. The second-order valence-electron chi connectivity index (χ2n) is 6.37. The second kappa shape index (κ2) is 6.07. The minimum atomic E-state index is -0.276. The number of anilines is 1. The maximum absolute atomic E-state index is 12.5. The quantitative estimate of drug-likeness (QED) is 0.786. The number of thiazole rings is 1. The fraction of sp³-hybridized carbons (Fsp3) is 0.412. The van der Waals surface area contributed by atoms with Gasteiger partial charge in [0.2, 0.25) is 0 Å². The minimum Gasteiger partial charge on any atom is -0.493 e. The van der Waals surface area contributed by atoms with Gasteiger partial charge >= 0.3 is 0 Å². The van der Waals surface area contributed by atoms with E-state index >= 15 is 0 Å². The van der Waals surface area contributed by atoms with Gasteiger partial charge in [0.1, 0.15) is 11.4 Å². The summed E-state index contributed by atoms with van der Waals surface area (Å²) in [7, 11) is 0. The maximum Gasteiger partial charge on any atom is 0.271 e. The van der Waals surface area contributed by atoms with E-state index in [4.69, 9.17) is 10.5 Å². The van der Waals surface area contributed by atoms with Crippen molar-refractivity contribution in [1.82, 2.24) is 10.3 Å². The molecule has 1 fully saturated rings. The molecule has 1 aliphatic heterocycles. The summed E-state index contributed by atoms with van der Waals surface area (Å²) in [6.45, 7) is 0.704. The number of nitrogens with one attached hydrogen (secondary N) is 1. The first kappa shape index (κ1) is 15.4. The van der Waals surface area contributed by atoms with Crippen LogP contribution in [0.1, 0.15) is 40.5 Å². The third-order valence-corrected chi connectivity index (χ3v) is 5.41. The number of aromatic nitrogens is 1. The number of amides is 1. The Kier molecular flexibility index (Phi) is 3.90. The van der Waals surface area contributed by atoms with Crippen LogP contribution in [0.3, 0.4) is 0 Å². The lowest BCUT2D eigenvalue weighted by Crippen LogP contribution is -2.41. The van der Waals surface area contributed by atoms with Crippen LogP contribution >= 0.6 is 11.3 Å². The van der Waals surface area contributed by atoms with E-state index in [1.807, 2.05) is 12.1 Å². The first-order chi connectivity index (χ1) is 11.6. The molecular formula is C17H19N3O3S. The first-order valence-electron chi connectivity index (χ1n) is 8.05. The lowest BCUT2D eigenvalue weighted by Gasteiger charge is -2.38. The van der Waals surface area contributed by atoms with Crippen molar-refractivity contribution in [2.24, 2.45) is 5.92 Å². The zero-order chi connectivity index (χ0) is 16.7. The summed E-state index contributed by atoms with van der Waals surface area (Å²) in [5.41, 5.74) is 8.17. The second-order valence-corrected chi connectivity index (χ2v) is 7.26. The van der Waals surface area contributed by atoms with E-state index in [9.17, 15) is 9.90 Å². The summed E-state index contributed by atoms with van der Waals surface area (Å²) in [6, 6.07) is 5.92. The zero-order valence-electron chi connectivity index (χ0n) is 13.1. The van der Waals surface area contributed by atoms with Gasteiger partial charge in [-0.1, -0.05) is 6.07 Å². The summed E-state index contributed by atoms with van der Waals surface area (Å²) in [5.74, 6) is 0.913. The largest absolute Gasteiger partial charge is 0.493 e. The summed E-state index contributed by atoms with van der Waals surface area (Å²) >= 11 is 1.25. The molecule has 1 atom stereocenters. The minimum absolute atomic E-state index is 0.144. The third-order valence-electron chi connectivity index (χ3n) is 4.73. The van der Waals surface area contributed by atoms with Crippen LogP contribution < -0.4 is 15.8 Å². The Morgan fingerprint density at radius 3 is 3.00 bits per heavy atom. The molecule has 1 aliphatic carbocycles. The molecule has 1 unspecified atom stereocenters. The lowest BCUT2D eigenvalue weighted by atomic mass is 9.75. The molecule has 1 amide bonds. The van der Waals surface area contributed by atoms with Crippen molar-refractivity contribution in [3.05, 3.63) is 40.4 Å². The van der Waals surface area contributed by atoms with E-state index in [1.54, 1.807) is 5.38 Å². The van der Waals surface area contributed by atoms with Crippen LogP contribution in [-0.2, 0) is 6.42 Å². The van der Waals surface area contributed by atoms with Gasteiger partial charge < -0.3 is 20.9 Å². The number of rotatable bonds is 4. The standard InChI is InChI=1S/C17H19N3O3S/c18-17-19-13(8-24-17)16(22)20-15(11-6-12(21)7-11)10-1-2-14-9(5-10)3-4-23-14/h1-2,5,8,11-12,15,21H,3-4,6-7H2,(H2,18,19)(H,20,22). The maximum atomic E-state index is 12.5. The van der Waals surface area contributed by atoms with Crippen molar-refractivity contribution >= 4 is 22.4 Å². The van der Waals surface area contributed by atoms with Crippen LogP contribution in [0.2, 0.25) is 0 Å². The fourth-order valence-electron chi connectivity index (χ4n) is 3.38. The Hall–Kier alpha value is -2.12. The highest BCUT2D eigenvalue weighted by molar-refractivity contribution is 7.13. The molecule has 0 bridgehead atoms. The summed E-state index contributed by atoms with van der Waals surface area (Å²) in [5, 5.41) is 14.8. The molecule has 0 radical (unpaired) electrons. The molecule has 0 saturated heterocycles. The Morgan fingerprint density at radius 1 is 1.46 bits per heavy atom. The molecule has 2 heterocycles. The number of nitrogen functional groups attached to an aromatic ring is 1. The molecule has 6 nitrogen and oxygen atoms in total. The fourth-order valence-corrected chi connectivity index (χ4v) is 3.93. The smallest absolute Gasteiger partial charge is 0.271 e. The van der Waals surface area contributed by atoms with E-state index in [-0.39, 0.29) is 24.0 Å². The average Bonchev–Trinajstić information content (AvgIpc) is 3.17. The molecule has 24 heavy (non-hydrogen) atoms. The van der Waals surface area contributed by atoms with Crippen molar-refractivity contribution in [2.75, 3.05) is 12.3 Å². The molecule has 1 aromatic carbocycles. The van der Waals surface area contributed by atoms with Gasteiger partial charge in [0.05, 0.1) is 18.8 Å². The van der Waals surface area contributed by atoms with E-state index in [0.29, 0.717) is 30.3 Å². The highest BCUT2D eigenvalue weighted by Crippen LogP contribution is 2.40. The topological polar surface area (TPSA) is 97.5 Å². The van der Waals surface area contributed by atoms with Gasteiger partial charge in [-0.3, -0.25) is 4.79 Å². The Morgan fingerprint density at radius 2 is 2.29 bits per heavy atom. The van der Waals surface area contributed by atoms with Gasteiger partial charge in [-0.05, 0) is 42.0 Å². The van der Waals surface area contributed by atoms with Crippen molar-refractivity contribution < 1.29 is 14.6 Å². The Labute approximate surface area is 143 Å². The molecular weight excluding hydrogens is 326 g/mol. The van der Waals surface area contributed by atoms with Gasteiger partial charge in [-0.25, -0.2) is 4.98 Å². The van der Waals surface area contributed by atoms with Crippen molar-refractivity contribution in [3.8, 4) is 5.75 Å². The lowest BCUT2D eigenvalue weighted by molar-refractivity contribution is 0.0234. The number of aliphatic hydroxyl groups excluding tert-OH is 1. The van der Waals surface area contributed by atoms with Crippen molar-refractivity contribution in [1.29, 1.82) is 0 Å². The third kappa shape index (κ3) is 2.85. The Balaban J connectivity index is 1.58. The molecule has 1 aromatic heterocycles. The molecule has 1 saturated carbocycles. The predicted octanol–water partition coefficient (Wildman–Crippen LogP) is 1.90. The van der Waals surface area contributed by atoms with Gasteiger partial charge in [-0.2, -0.15) is 0 Å². The van der Waals surface area contributed by atoms with Gasteiger partial charge in [0.25, 0.3) is 5.91 Å². The number of aliphatic hydroxyl groups is 1. The summed E-state index contributed by atoms with van der Waals surface area (Å²) in [6.07, 6.45) is 2.00. The van der Waals surface area contributed by atoms with Gasteiger partial charge in [-0.15, -0.1) is 11.3 Å². The number of nitrogens with two attached hydrogens (primary N) is 1. The van der Waals surface area contributed by atoms with E-state index < -0.39 is 0 Å². The van der Waals surface area contributed by atoms with Crippen LogP contribution in [-0.4, -0.2) is 28.7 Å². The predicted molar refractivity (Wildman–Crippen MR) is 91.1 cm³/mol. The number of hydrogen-bond acceptors (Lipinski definition) is 6. The van der Waals surface area contributed by atoms with E-state index in [1.165, 1.54) is 16.9 Å². The molecule has 7 heteroatoms. The monoisotopic (exact) mass is 345 g/mol. The number of hydrogen-bond donors (Lipinski definition) is 3. The van der Waals surface area contributed by atoms with Crippen LogP contribution in [0.4, 0.5) is 5.13 Å². The molecule has 0 spiro atoms. The van der Waals surface area contributed by atoms with Crippen LogP contribution in [0.5, 0.6) is 5.75 Å². The highest BCUT2D eigenvalue weighted by Gasteiger charge is 2.36. The zero-order valence-corrected chi connectivity index (χ0v) is 13.9. The molecule has 126 valence electrons. The number of benzene rings is 1. The summed E-state index contributed by atoms with van der Waals surface area (Å²) < 4.78 is 5.55. The number of carbonyl (C=O) groups excluding carboxylic acids is 1. The number of fused-ring (bicyclic) bond motifs is 1. The molecule has 4 N–H and O–H groups in total. The normalized spacial score (nSPS) is 23.0. The van der Waals surface area contributed by atoms with Crippen LogP contribution in [0.25, 0.3) is 0 Å². The number of nitrogens with zero attached hydrogens (tertiary/aromatic N) is 1. The van der Waals surface area contributed by atoms with E-state index in [2.05, 4.69) is 16.4 Å². The average molecular weight is 345 g/mol. The van der Waals surface area contributed by atoms with Gasteiger partial charge in [0, 0.05) is 11.8 Å².